The number of ether oxygens (including phenoxy) is 2. The van der Waals surface area contributed by atoms with Crippen LogP contribution in [0.15, 0.2) is 60.7 Å². The molecular formula is C20H16O6. The van der Waals surface area contributed by atoms with Crippen molar-refractivity contribution in [3.05, 3.63) is 71.8 Å². The Bertz CT molecular complexity index is 853. The largest absolute Gasteiger partial charge is 0.516 e. The van der Waals surface area contributed by atoms with Gasteiger partial charge in [-0.2, -0.15) is 0 Å². The van der Waals surface area contributed by atoms with Crippen LogP contribution in [0.4, 0.5) is 4.79 Å². The number of hydrogen-bond donors (Lipinski definition) is 1. The lowest BCUT2D eigenvalue weighted by atomic mass is 9.98. The number of carboxylic acid groups (broad SMARTS) is 1. The van der Waals surface area contributed by atoms with Crippen LogP contribution in [0.3, 0.4) is 0 Å². The number of esters is 1. The SMILES string of the molecule is C=C(CC(=O)O)C(=O)OC(=O)OCC1c2ccccc2-c2ccccc21. The van der Waals surface area contributed by atoms with Crippen molar-refractivity contribution in [3.63, 3.8) is 0 Å². The molecule has 132 valence electrons. The average Bonchev–Trinajstić information content (AvgIpc) is 2.93. The molecule has 0 saturated carbocycles. The van der Waals surface area contributed by atoms with Gasteiger partial charge in [0.1, 0.15) is 6.61 Å². The topological polar surface area (TPSA) is 89.9 Å². The van der Waals surface area contributed by atoms with Gasteiger partial charge >= 0.3 is 18.1 Å². The summed E-state index contributed by atoms with van der Waals surface area (Å²) in [5.41, 5.74) is 3.89. The Morgan fingerprint density at radius 2 is 1.50 bits per heavy atom. The van der Waals surface area contributed by atoms with Crippen LogP contribution in [0.1, 0.15) is 23.5 Å². The number of rotatable bonds is 5. The normalized spacial score (nSPS) is 12.0. The van der Waals surface area contributed by atoms with Crippen LogP contribution >= 0.6 is 0 Å². The van der Waals surface area contributed by atoms with Crippen molar-refractivity contribution in [1.82, 2.24) is 0 Å². The van der Waals surface area contributed by atoms with Gasteiger partial charge in [0.2, 0.25) is 0 Å². The molecule has 0 amide bonds. The number of benzene rings is 2. The molecule has 0 aliphatic heterocycles. The van der Waals surface area contributed by atoms with E-state index in [0.717, 1.165) is 22.3 Å². The van der Waals surface area contributed by atoms with Gasteiger partial charge in [-0.15, -0.1) is 0 Å². The standard InChI is InChI=1S/C20H16O6/c1-12(10-18(21)22)19(23)26-20(24)25-11-17-15-8-4-2-6-13(15)14-7-3-5-9-16(14)17/h2-9,17H,1,10-11H2,(H,21,22). The van der Waals surface area contributed by atoms with E-state index in [1.807, 2.05) is 48.5 Å². The zero-order valence-electron chi connectivity index (χ0n) is 13.8. The molecule has 6 nitrogen and oxygen atoms in total. The number of carbonyl (C=O) groups excluding carboxylic acids is 2. The van der Waals surface area contributed by atoms with Gasteiger partial charge in [-0.1, -0.05) is 55.1 Å². The fourth-order valence-corrected chi connectivity index (χ4v) is 3.02. The molecule has 0 fully saturated rings. The number of aliphatic carboxylic acids is 1. The van der Waals surface area contributed by atoms with Crippen LogP contribution in [0.5, 0.6) is 0 Å². The third kappa shape index (κ3) is 3.49. The van der Waals surface area contributed by atoms with Gasteiger partial charge in [0, 0.05) is 11.5 Å². The Balaban J connectivity index is 1.67. The number of carbonyl (C=O) groups is 3. The Morgan fingerprint density at radius 3 is 2.04 bits per heavy atom. The molecule has 0 bridgehead atoms. The van der Waals surface area contributed by atoms with E-state index in [9.17, 15) is 14.4 Å². The van der Waals surface area contributed by atoms with Crippen molar-refractivity contribution in [2.45, 2.75) is 12.3 Å². The molecule has 0 heterocycles. The second-order valence-electron chi connectivity index (χ2n) is 5.85. The Labute approximate surface area is 149 Å². The van der Waals surface area contributed by atoms with Gasteiger partial charge in [-0.05, 0) is 22.3 Å². The van der Waals surface area contributed by atoms with Gasteiger partial charge in [-0.3, -0.25) is 4.79 Å². The quantitative estimate of drug-likeness (QED) is 0.503. The maximum Gasteiger partial charge on any atom is 0.516 e. The van der Waals surface area contributed by atoms with Crippen LogP contribution in [-0.4, -0.2) is 29.8 Å². The molecule has 6 heteroatoms. The summed E-state index contributed by atoms with van der Waals surface area (Å²) in [5, 5.41) is 8.62. The summed E-state index contributed by atoms with van der Waals surface area (Å²) < 4.78 is 9.58. The zero-order chi connectivity index (χ0) is 18.7. The summed E-state index contributed by atoms with van der Waals surface area (Å²) in [6.07, 6.45) is -1.78. The first-order valence-electron chi connectivity index (χ1n) is 7.94. The van der Waals surface area contributed by atoms with E-state index in [1.165, 1.54) is 0 Å². The molecule has 0 spiro atoms. The molecule has 0 radical (unpaired) electrons. The maximum atomic E-state index is 11.8. The molecule has 0 atom stereocenters. The van der Waals surface area contributed by atoms with Crippen molar-refractivity contribution in [1.29, 1.82) is 0 Å². The molecule has 1 aliphatic carbocycles. The van der Waals surface area contributed by atoms with Crippen molar-refractivity contribution in [3.8, 4) is 11.1 Å². The lowest BCUT2D eigenvalue weighted by Crippen LogP contribution is -2.19. The summed E-state index contributed by atoms with van der Waals surface area (Å²) in [7, 11) is 0. The lowest BCUT2D eigenvalue weighted by molar-refractivity contribution is -0.140. The van der Waals surface area contributed by atoms with Gasteiger partial charge in [0.15, 0.2) is 0 Å². The summed E-state index contributed by atoms with van der Waals surface area (Å²) in [6.45, 7) is 3.29. The molecule has 26 heavy (non-hydrogen) atoms. The van der Waals surface area contributed by atoms with Gasteiger partial charge < -0.3 is 14.6 Å². The van der Waals surface area contributed by atoms with E-state index in [-0.39, 0.29) is 18.1 Å². The van der Waals surface area contributed by atoms with Crippen LogP contribution in [0, 0.1) is 0 Å². The average molecular weight is 352 g/mol. The van der Waals surface area contributed by atoms with E-state index < -0.39 is 24.5 Å². The summed E-state index contributed by atoms with van der Waals surface area (Å²) >= 11 is 0. The Kier molecular flexibility index (Phi) is 4.84. The predicted octanol–water partition coefficient (Wildman–Crippen LogP) is 3.51. The molecule has 1 aliphatic rings. The molecule has 2 aromatic rings. The minimum Gasteiger partial charge on any atom is -0.481 e. The van der Waals surface area contributed by atoms with E-state index in [0.29, 0.717) is 0 Å². The zero-order valence-corrected chi connectivity index (χ0v) is 13.8. The van der Waals surface area contributed by atoms with E-state index in [4.69, 9.17) is 9.84 Å². The third-order valence-electron chi connectivity index (χ3n) is 4.16. The second kappa shape index (κ2) is 7.23. The smallest absolute Gasteiger partial charge is 0.481 e. The fourth-order valence-electron chi connectivity index (χ4n) is 3.02. The lowest BCUT2D eigenvalue weighted by Gasteiger charge is -2.13. The third-order valence-corrected chi connectivity index (χ3v) is 4.16. The highest BCUT2D eigenvalue weighted by atomic mass is 16.7. The summed E-state index contributed by atoms with van der Waals surface area (Å²) in [5.74, 6) is -2.50. The number of fused-ring (bicyclic) bond motifs is 3. The van der Waals surface area contributed by atoms with Crippen molar-refractivity contribution >= 4 is 18.1 Å². The second-order valence-corrected chi connectivity index (χ2v) is 5.85. The molecule has 1 N–H and O–H groups in total. The van der Waals surface area contributed by atoms with Crippen LogP contribution in [0.2, 0.25) is 0 Å². The maximum absolute atomic E-state index is 11.8. The van der Waals surface area contributed by atoms with Crippen LogP contribution in [-0.2, 0) is 19.1 Å². The molecule has 0 unspecified atom stereocenters. The van der Waals surface area contributed by atoms with E-state index in [2.05, 4.69) is 11.3 Å². The van der Waals surface area contributed by atoms with Crippen molar-refractivity contribution in [2.75, 3.05) is 6.61 Å². The van der Waals surface area contributed by atoms with Gasteiger partial charge in [0.25, 0.3) is 0 Å². The fraction of sp³-hybridized carbons (Fsp3) is 0.150. The number of carboxylic acids is 1. The summed E-state index contributed by atoms with van der Waals surface area (Å²) in [6, 6.07) is 15.7. The number of hydrogen-bond acceptors (Lipinski definition) is 5. The molecule has 2 aromatic carbocycles. The monoisotopic (exact) mass is 352 g/mol. The van der Waals surface area contributed by atoms with E-state index >= 15 is 0 Å². The first kappa shape index (κ1) is 17.4. The van der Waals surface area contributed by atoms with Gasteiger partial charge in [-0.25, -0.2) is 9.59 Å². The predicted molar refractivity (Wildman–Crippen MR) is 92.6 cm³/mol. The van der Waals surface area contributed by atoms with Gasteiger partial charge in [0.05, 0.1) is 6.42 Å². The Hall–Kier alpha value is -3.41. The highest BCUT2D eigenvalue weighted by Gasteiger charge is 2.29. The Morgan fingerprint density at radius 1 is 0.962 bits per heavy atom. The molecular weight excluding hydrogens is 336 g/mol. The molecule has 0 saturated heterocycles. The molecule has 0 aromatic heterocycles. The van der Waals surface area contributed by atoms with E-state index in [1.54, 1.807) is 0 Å². The minimum absolute atomic E-state index is 0.00550. The first-order valence-corrected chi connectivity index (χ1v) is 7.94. The van der Waals surface area contributed by atoms with Crippen LogP contribution < -0.4 is 0 Å². The molecule has 3 rings (SSSR count). The van der Waals surface area contributed by atoms with Crippen LogP contribution in [0.25, 0.3) is 11.1 Å². The van der Waals surface area contributed by atoms with Crippen molar-refractivity contribution in [2.24, 2.45) is 0 Å². The highest BCUT2D eigenvalue weighted by Crippen LogP contribution is 2.44. The highest BCUT2D eigenvalue weighted by molar-refractivity contribution is 5.97. The summed E-state index contributed by atoms with van der Waals surface area (Å²) in [4.78, 5) is 33.9. The first-order chi connectivity index (χ1) is 12.5. The minimum atomic E-state index is -1.24. The van der Waals surface area contributed by atoms with Crippen molar-refractivity contribution < 1.29 is 29.0 Å².